The molecule has 0 aliphatic heterocycles. The SMILES string of the molecule is CCC[C@H](N)C(=O)Nc1cc(Cl)c(C)cc1Cl. The van der Waals surface area contributed by atoms with Crippen molar-refractivity contribution in [3.8, 4) is 0 Å². The zero-order valence-corrected chi connectivity index (χ0v) is 11.4. The van der Waals surface area contributed by atoms with Crippen molar-refractivity contribution in [1.82, 2.24) is 0 Å². The highest BCUT2D eigenvalue weighted by Gasteiger charge is 2.14. The Morgan fingerprint density at radius 1 is 1.41 bits per heavy atom. The molecule has 0 aliphatic rings. The Morgan fingerprint density at radius 3 is 2.65 bits per heavy atom. The fourth-order valence-electron chi connectivity index (χ4n) is 1.41. The predicted octanol–water partition coefficient (Wildman–Crippen LogP) is 3.37. The van der Waals surface area contributed by atoms with Gasteiger partial charge in [0.15, 0.2) is 0 Å². The number of amides is 1. The largest absolute Gasteiger partial charge is 0.323 e. The molecule has 3 nitrogen and oxygen atoms in total. The number of halogens is 2. The molecule has 0 bridgehead atoms. The Bertz CT molecular complexity index is 421. The van der Waals surface area contributed by atoms with Gasteiger partial charge in [-0.2, -0.15) is 0 Å². The van der Waals surface area contributed by atoms with Crippen molar-refractivity contribution in [1.29, 1.82) is 0 Å². The molecule has 1 atom stereocenters. The Kier molecular flexibility index (Phi) is 5.25. The molecule has 0 saturated carbocycles. The molecule has 1 amide bonds. The van der Waals surface area contributed by atoms with Crippen LogP contribution in [0.15, 0.2) is 12.1 Å². The van der Waals surface area contributed by atoms with Crippen LogP contribution >= 0.6 is 23.2 Å². The van der Waals surface area contributed by atoms with Crippen LogP contribution in [0.2, 0.25) is 10.0 Å². The van der Waals surface area contributed by atoms with E-state index in [2.05, 4.69) is 5.32 Å². The van der Waals surface area contributed by atoms with Crippen LogP contribution < -0.4 is 11.1 Å². The van der Waals surface area contributed by atoms with Crippen LogP contribution in [0.3, 0.4) is 0 Å². The number of carbonyl (C=O) groups excluding carboxylic acids is 1. The standard InChI is InChI=1S/C12H16Cl2N2O/c1-3-4-10(15)12(17)16-11-6-8(13)7(2)5-9(11)14/h5-6,10H,3-4,15H2,1-2H3,(H,16,17)/t10-/m0/s1. The summed E-state index contributed by atoms with van der Waals surface area (Å²) in [6.45, 7) is 3.82. The number of benzene rings is 1. The highest BCUT2D eigenvalue weighted by Crippen LogP contribution is 2.28. The van der Waals surface area contributed by atoms with E-state index in [0.29, 0.717) is 22.2 Å². The quantitative estimate of drug-likeness (QED) is 0.885. The molecular weight excluding hydrogens is 259 g/mol. The number of nitrogens with two attached hydrogens (primary N) is 1. The lowest BCUT2D eigenvalue weighted by Gasteiger charge is -2.13. The van der Waals surface area contributed by atoms with Crippen molar-refractivity contribution in [3.05, 3.63) is 27.7 Å². The molecule has 0 spiro atoms. The summed E-state index contributed by atoms with van der Waals surface area (Å²) >= 11 is 12.0. The molecule has 17 heavy (non-hydrogen) atoms. The van der Waals surface area contributed by atoms with Gasteiger partial charge in [0.2, 0.25) is 5.91 Å². The molecule has 0 aliphatic carbocycles. The highest BCUT2D eigenvalue weighted by molar-refractivity contribution is 6.36. The van der Waals surface area contributed by atoms with Crippen LogP contribution in [0.4, 0.5) is 5.69 Å². The average molecular weight is 275 g/mol. The summed E-state index contributed by atoms with van der Waals surface area (Å²) in [5, 5.41) is 3.71. The van der Waals surface area contributed by atoms with Gasteiger partial charge in [-0.05, 0) is 31.0 Å². The lowest BCUT2D eigenvalue weighted by atomic mass is 10.1. The van der Waals surface area contributed by atoms with E-state index < -0.39 is 6.04 Å². The molecular formula is C12H16Cl2N2O. The molecule has 3 N–H and O–H groups in total. The molecule has 1 aromatic rings. The third-order valence-electron chi connectivity index (χ3n) is 2.44. The average Bonchev–Trinajstić information content (AvgIpc) is 2.26. The van der Waals surface area contributed by atoms with E-state index in [1.165, 1.54) is 0 Å². The summed E-state index contributed by atoms with van der Waals surface area (Å²) in [5.74, 6) is -0.242. The van der Waals surface area contributed by atoms with E-state index >= 15 is 0 Å². The highest BCUT2D eigenvalue weighted by atomic mass is 35.5. The number of carbonyl (C=O) groups is 1. The van der Waals surface area contributed by atoms with Crippen molar-refractivity contribution in [3.63, 3.8) is 0 Å². The second kappa shape index (κ2) is 6.24. The zero-order chi connectivity index (χ0) is 13.0. The molecule has 0 aromatic heterocycles. The van der Waals surface area contributed by atoms with Crippen LogP contribution in [0.5, 0.6) is 0 Å². The van der Waals surface area contributed by atoms with Gasteiger partial charge in [0.25, 0.3) is 0 Å². The third-order valence-corrected chi connectivity index (χ3v) is 3.16. The minimum atomic E-state index is -0.517. The lowest BCUT2D eigenvalue weighted by molar-refractivity contribution is -0.117. The maximum absolute atomic E-state index is 11.7. The Balaban J connectivity index is 2.81. The summed E-state index contributed by atoms with van der Waals surface area (Å²) in [6, 6.07) is 2.83. The first kappa shape index (κ1) is 14.3. The van der Waals surface area contributed by atoms with Gasteiger partial charge < -0.3 is 11.1 Å². The van der Waals surface area contributed by atoms with Gasteiger partial charge in [-0.1, -0.05) is 36.5 Å². The topological polar surface area (TPSA) is 55.1 Å². The van der Waals surface area contributed by atoms with E-state index in [-0.39, 0.29) is 5.91 Å². The van der Waals surface area contributed by atoms with Gasteiger partial charge in [0.1, 0.15) is 0 Å². The van der Waals surface area contributed by atoms with Crippen LogP contribution in [0.1, 0.15) is 25.3 Å². The normalized spacial score (nSPS) is 12.3. The van der Waals surface area contributed by atoms with Crippen molar-refractivity contribution in [2.45, 2.75) is 32.7 Å². The first-order valence-corrected chi connectivity index (χ1v) is 6.23. The summed E-state index contributed by atoms with van der Waals surface area (Å²) < 4.78 is 0. The smallest absolute Gasteiger partial charge is 0.241 e. The maximum atomic E-state index is 11.7. The molecule has 0 unspecified atom stereocenters. The second-order valence-corrected chi connectivity index (χ2v) is 4.78. The van der Waals surface area contributed by atoms with Gasteiger partial charge in [-0.3, -0.25) is 4.79 Å². The fraction of sp³-hybridized carbons (Fsp3) is 0.417. The Labute approximate surface area is 111 Å². The third kappa shape index (κ3) is 3.87. The van der Waals surface area contributed by atoms with E-state index in [9.17, 15) is 4.79 Å². The molecule has 1 aromatic carbocycles. The number of nitrogens with one attached hydrogen (secondary N) is 1. The summed E-state index contributed by atoms with van der Waals surface area (Å²) in [5.41, 5.74) is 7.07. The van der Waals surface area contributed by atoms with E-state index in [0.717, 1.165) is 12.0 Å². The zero-order valence-electron chi connectivity index (χ0n) is 9.89. The van der Waals surface area contributed by atoms with Crippen LogP contribution in [0, 0.1) is 6.92 Å². The minimum absolute atomic E-state index is 0.242. The minimum Gasteiger partial charge on any atom is -0.323 e. The fourth-order valence-corrected chi connectivity index (χ4v) is 1.84. The number of aryl methyl sites for hydroxylation is 1. The molecule has 0 radical (unpaired) electrons. The van der Waals surface area contributed by atoms with E-state index in [1.54, 1.807) is 12.1 Å². The molecule has 0 saturated heterocycles. The monoisotopic (exact) mass is 274 g/mol. The van der Waals surface area contributed by atoms with Gasteiger partial charge in [-0.15, -0.1) is 0 Å². The van der Waals surface area contributed by atoms with Crippen LogP contribution in [0.25, 0.3) is 0 Å². The van der Waals surface area contributed by atoms with Gasteiger partial charge in [0, 0.05) is 5.02 Å². The first-order chi connectivity index (χ1) is 7.95. The van der Waals surface area contributed by atoms with E-state index in [4.69, 9.17) is 28.9 Å². The van der Waals surface area contributed by atoms with Gasteiger partial charge in [0.05, 0.1) is 16.8 Å². The maximum Gasteiger partial charge on any atom is 0.241 e. The van der Waals surface area contributed by atoms with Gasteiger partial charge in [-0.25, -0.2) is 0 Å². The van der Waals surface area contributed by atoms with E-state index in [1.807, 2.05) is 13.8 Å². The molecule has 0 fully saturated rings. The number of hydrogen-bond donors (Lipinski definition) is 2. The van der Waals surface area contributed by atoms with Crippen molar-refractivity contribution >= 4 is 34.8 Å². The Morgan fingerprint density at radius 2 is 2.06 bits per heavy atom. The lowest BCUT2D eigenvalue weighted by Crippen LogP contribution is -2.35. The summed E-state index contributed by atoms with van der Waals surface area (Å²) in [6.07, 6.45) is 1.50. The second-order valence-electron chi connectivity index (χ2n) is 3.97. The molecule has 0 heterocycles. The van der Waals surface area contributed by atoms with Crippen molar-refractivity contribution in [2.24, 2.45) is 5.73 Å². The molecule has 94 valence electrons. The first-order valence-electron chi connectivity index (χ1n) is 5.47. The number of anilines is 1. The summed E-state index contributed by atoms with van der Waals surface area (Å²) in [7, 11) is 0. The predicted molar refractivity (Wildman–Crippen MR) is 72.7 cm³/mol. The van der Waals surface area contributed by atoms with Crippen molar-refractivity contribution in [2.75, 3.05) is 5.32 Å². The Hall–Kier alpha value is -0.770. The van der Waals surface area contributed by atoms with Crippen LogP contribution in [-0.4, -0.2) is 11.9 Å². The van der Waals surface area contributed by atoms with Crippen LogP contribution in [-0.2, 0) is 4.79 Å². The van der Waals surface area contributed by atoms with Crippen molar-refractivity contribution < 1.29 is 4.79 Å². The summed E-state index contributed by atoms with van der Waals surface area (Å²) in [4.78, 5) is 11.7. The molecule has 5 heteroatoms. The van der Waals surface area contributed by atoms with Gasteiger partial charge >= 0.3 is 0 Å². The number of rotatable bonds is 4. The molecule has 1 rings (SSSR count). The number of hydrogen-bond acceptors (Lipinski definition) is 2.